The summed E-state index contributed by atoms with van der Waals surface area (Å²) in [5.41, 5.74) is 1.44. The molecular formula is C19H16Cl2N2O3S2. The predicted molar refractivity (Wildman–Crippen MR) is 115 cm³/mol. The number of nitrogens with zero attached hydrogens (tertiary/aromatic N) is 2. The van der Waals surface area contributed by atoms with Crippen LogP contribution in [0.5, 0.6) is 0 Å². The van der Waals surface area contributed by atoms with Crippen LogP contribution in [0.15, 0.2) is 53.5 Å². The van der Waals surface area contributed by atoms with Crippen molar-refractivity contribution < 1.29 is 13.2 Å². The molecule has 1 amide bonds. The highest BCUT2D eigenvalue weighted by atomic mass is 35.5. The van der Waals surface area contributed by atoms with Crippen LogP contribution in [0.25, 0.3) is 0 Å². The summed E-state index contributed by atoms with van der Waals surface area (Å²) >= 11 is 13.6. The number of carbonyl (C=O) groups is 1. The van der Waals surface area contributed by atoms with E-state index in [0.29, 0.717) is 20.8 Å². The molecule has 2 aliphatic heterocycles. The Labute approximate surface area is 177 Å². The Bertz CT molecular complexity index is 1070. The zero-order valence-electron chi connectivity index (χ0n) is 14.6. The van der Waals surface area contributed by atoms with Crippen molar-refractivity contribution in [3.8, 4) is 0 Å². The Balaban J connectivity index is 1.66. The van der Waals surface area contributed by atoms with Gasteiger partial charge in [0.2, 0.25) is 0 Å². The second-order valence-electron chi connectivity index (χ2n) is 6.71. The van der Waals surface area contributed by atoms with E-state index in [4.69, 9.17) is 23.2 Å². The van der Waals surface area contributed by atoms with Gasteiger partial charge in [0, 0.05) is 21.0 Å². The lowest BCUT2D eigenvalue weighted by Crippen LogP contribution is -2.37. The fourth-order valence-electron chi connectivity index (χ4n) is 3.44. The summed E-state index contributed by atoms with van der Waals surface area (Å²) in [6, 6.07) is 14.0. The summed E-state index contributed by atoms with van der Waals surface area (Å²) in [6.45, 7) is 0. The first kappa shape index (κ1) is 19.8. The van der Waals surface area contributed by atoms with Crippen molar-refractivity contribution in [2.75, 3.05) is 16.4 Å². The number of carbonyl (C=O) groups excluding carboxylic acids is 1. The maximum Gasteiger partial charge on any atom is 0.252 e. The number of hydrogen-bond acceptors (Lipinski definition) is 4. The normalized spacial score (nSPS) is 24.5. The van der Waals surface area contributed by atoms with Crippen LogP contribution in [0.4, 0.5) is 5.69 Å². The number of amidine groups is 1. The van der Waals surface area contributed by atoms with Crippen LogP contribution in [0, 0.1) is 0 Å². The topological polar surface area (TPSA) is 66.8 Å². The van der Waals surface area contributed by atoms with Crippen molar-refractivity contribution in [2.45, 2.75) is 17.7 Å². The lowest BCUT2D eigenvalue weighted by molar-refractivity contribution is -0.117. The number of fused-ring (bicyclic) bond motifs is 1. The number of amides is 1. The van der Waals surface area contributed by atoms with Gasteiger partial charge in [-0.15, -0.1) is 0 Å². The molecule has 2 aromatic carbocycles. The third-order valence-corrected chi connectivity index (χ3v) is 8.49. The van der Waals surface area contributed by atoms with Crippen LogP contribution >= 0.6 is 35.0 Å². The van der Waals surface area contributed by atoms with Gasteiger partial charge in [-0.05, 0) is 29.8 Å². The van der Waals surface area contributed by atoms with Crippen LogP contribution in [-0.2, 0) is 21.1 Å². The van der Waals surface area contributed by atoms with Gasteiger partial charge in [-0.2, -0.15) is 4.99 Å². The van der Waals surface area contributed by atoms with Crippen molar-refractivity contribution >= 4 is 61.6 Å². The Kier molecular flexibility index (Phi) is 5.44. The van der Waals surface area contributed by atoms with Crippen LogP contribution in [0.1, 0.15) is 5.56 Å². The Hall–Kier alpha value is -1.54. The number of benzene rings is 2. The molecular weight excluding hydrogens is 439 g/mol. The van der Waals surface area contributed by atoms with E-state index in [1.165, 1.54) is 11.8 Å². The van der Waals surface area contributed by atoms with E-state index in [1.807, 2.05) is 17.0 Å². The Morgan fingerprint density at radius 1 is 1.14 bits per heavy atom. The first-order valence-corrected chi connectivity index (χ1v) is 12.0. The average Bonchev–Trinajstić information content (AvgIpc) is 3.07. The quantitative estimate of drug-likeness (QED) is 0.704. The molecule has 0 N–H and O–H groups in total. The zero-order valence-corrected chi connectivity index (χ0v) is 17.7. The summed E-state index contributed by atoms with van der Waals surface area (Å²) in [6.07, 6.45) is 0.0841. The fraction of sp³-hybridized carbons (Fsp3) is 0.263. The Morgan fingerprint density at radius 2 is 1.93 bits per heavy atom. The van der Waals surface area contributed by atoms with Gasteiger partial charge in [0.25, 0.3) is 5.91 Å². The van der Waals surface area contributed by atoms with Crippen LogP contribution < -0.4 is 4.90 Å². The maximum absolute atomic E-state index is 12.6. The lowest BCUT2D eigenvalue weighted by Gasteiger charge is -2.24. The minimum Gasteiger partial charge on any atom is -0.316 e. The van der Waals surface area contributed by atoms with Crippen LogP contribution in [0.2, 0.25) is 10.0 Å². The predicted octanol–water partition coefficient (Wildman–Crippen LogP) is 3.84. The molecule has 2 aliphatic rings. The van der Waals surface area contributed by atoms with Crippen molar-refractivity contribution in [1.29, 1.82) is 0 Å². The third-order valence-electron chi connectivity index (χ3n) is 4.67. The molecule has 0 aliphatic carbocycles. The van der Waals surface area contributed by atoms with E-state index in [0.717, 1.165) is 5.69 Å². The largest absolute Gasteiger partial charge is 0.316 e. The van der Waals surface area contributed by atoms with E-state index in [2.05, 4.69) is 4.99 Å². The molecule has 9 heteroatoms. The highest BCUT2D eigenvalue weighted by Crippen LogP contribution is 2.41. The number of hydrogen-bond donors (Lipinski definition) is 0. The molecule has 2 atom stereocenters. The zero-order chi connectivity index (χ0) is 19.9. The van der Waals surface area contributed by atoms with Gasteiger partial charge in [-0.1, -0.05) is 59.2 Å². The van der Waals surface area contributed by atoms with Crippen molar-refractivity contribution in [3.05, 3.63) is 64.1 Å². The smallest absolute Gasteiger partial charge is 0.252 e. The van der Waals surface area contributed by atoms with E-state index in [-0.39, 0.29) is 35.1 Å². The number of sulfone groups is 1. The summed E-state index contributed by atoms with van der Waals surface area (Å²) < 4.78 is 24.2. The molecule has 2 fully saturated rings. The molecule has 2 aromatic rings. The molecule has 28 heavy (non-hydrogen) atoms. The van der Waals surface area contributed by atoms with Gasteiger partial charge in [-0.3, -0.25) is 4.79 Å². The van der Waals surface area contributed by atoms with E-state index in [9.17, 15) is 13.2 Å². The first-order valence-electron chi connectivity index (χ1n) is 8.59. The third kappa shape index (κ3) is 4.08. The van der Waals surface area contributed by atoms with E-state index < -0.39 is 9.84 Å². The molecule has 0 radical (unpaired) electrons. The fourth-order valence-corrected chi connectivity index (χ4v) is 7.76. The van der Waals surface area contributed by atoms with E-state index in [1.54, 1.807) is 36.4 Å². The average molecular weight is 455 g/mol. The maximum atomic E-state index is 12.6. The van der Waals surface area contributed by atoms with Gasteiger partial charge in [0.1, 0.15) is 0 Å². The first-order chi connectivity index (χ1) is 13.3. The standard InChI is InChI=1S/C19H16Cl2N2O3S2/c20-13-5-3-6-14(9-13)23-16-10-28(25,26)11-17(16)27-19(23)22-18(24)8-12-4-1-2-7-15(12)21/h1-7,9,16-17H,8,10-11H2/t16-,17+/m1/s1. The van der Waals surface area contributed by atoms with Crippen molar-refractivity contribution in [3.63, 3.8) is 0 Å². The minimum absolute atomic E-state index is 0.0366. The van der Waals surface area contributed by atoms with Crippen LogP contribution in [0.3, 0.4) is 0 Å². The molecule has 2 heterocycles. The Morgan fingerprint density at radius 3 is 2.68 bits per heavy atom. The summed E-state index contributed by atoms with van der Waals surface area (Å²) in [7, 11) is -3.12. The minimum atomic E-state index is -3.12. The molecule has 146 valence electrons. The number of anilines is 1. The lowest BCUT2D eigenvalue weighted by atomic mass is 10.1. The van der Waals surface area contributed by atoms with Gasteiger partial charge >= 0.3 is 0 Å². The van der Waals surface area contributed by atoms with Crippen molar-refractivity contribution in [1.82, 2.24) is 0 Å². The SMILES string of the molecule is O=C(Cc1ccccc1Cl)N=C1S[C@H]2CS(=O)(=O)C[C@H]2N1c1cccc(Cl)c1. The van der Waals surface area contributed by atoms with Gasteiger partial charge in [0.05, 0.1) is 24.0 Å². The molecule has 4 rings (SSSR count). The van der Waals surface area contributed by atoms with Crippen LogP contribution in [-0.4, -0.2) is 42.3 Å². The summed E-state index contributed by atoms with van der Waals surface area (Å²) in [5, 5.41) is 1.40. The highest BCUT2D eigenvalue weighted by molar-refractivity contribution is 8.16. The van der Waals surface area contributed by atoms with Gasteiger partial charge in [-0.25, -0.2) is 8.42 Å². The van der Waals surface area contributed by atoms with E-state index >= 15 is 0 Å². The second kappa shape index (κ2) is 7.71. The molecule has 2 saturated heterocycles. The number of thioether (sulfide) groups is 1. The van der Waals surface area contributed by atoms with Gasteiger partial charge in [0.15, 0.2) is 15.0 Å². The summed E-state index contributed by atoms with van der Waals surface area (Å²) in [4.78, 5) is 18.7. The highest BCUT2D eigenvalue weighted by Gasteiger charge is 2.49. The number of rotatable bonds is 3. The molecule has 0 saturated carbocycles. The molecule has 0 unspecified atom stereocenters. The molecule has 0 bridgehead atoms. The number of halogens is 2. The van der Waals surface area contributed by atoms with Gasteiger partial charge < -0.3 is 4.90 Å². The number of aliphatic imine (C=N–C) groups is 1. The summed E-state index contributed by atoms with van der Waals surface area (Å²) in [5.74, 6) is -0.211. The molecule has 0 aromatic heterocycles. The molecule has 5 nitrogen and oxygen atoms in total. The van der Waals surface area contributed by atoms with Crippen molar-refractivity contribution in [2.24, 2.45) is 4.99 Å². The molecule has 0 spiro atoms. The monoisotopic (exact) mass is 454 g/mol. The second-order valence-corrected chi connectivity index (χ2v) is 10.9.